The van der Waals surface area contributed by atoms with Gasteiger partial charge in [0, 0.05) is 19.0 Å². The van der Waals surface area contributed by atoms with Crippen molar-refractivity contribution in [2.45, 2.75) is 33.3 Å². The molecule has 2 atom stereocenters. The third kappa shape index (κ3) is 4.22. The van der Waals surface area contributed by atoms with Gasteiger partial charge in [-0.25, -0.2) is 4.79 Å². The first-order valence-corrected chi connectivity index (χ1v) is 6.38. The molecule has 0 aliphatic carbocycles. The van der Waals surface area contributed by atoms with Crippen LogP contribution in [-0.2, 0) is 19.1 Å². The Labute approximate surface area is 113 Å². The van der Waals surface area contributed by atoms with E-state index in [1.54, 1.807) is 27.7 Å². The summed E-state index contributed by atoms with van der Waals surface area (Å²) in [4.78, 5) is 36.0. The first-order chi connectivity index (χ1) is 8.78. The van der Waals surface area contributed by atoms with E-state index in [1.165, 1.54) is 4.90 Å². The molecule has 1 aliphatic rings. The first kappa shape index (κ1) is 15.5. The van der Waals surface area contributed by atoms with Gasteiger partial charge in [-0.3, -0.25) is 4.79 Å². The second kappa shape index (κ2) is 6.04. The second-order valence-corrected chi connectivity index (χ2v) is 5.54. The summed E-state index contributed by atoms with van der Waals surface area (Å²) in [7, 11) is 0. The first-order valence-electron chi connectivity index (χ1n) is 6.38. The minimum atomic E-state index is -0.601. The average Bonchev–Trinajstić information content (AvgIpc) is 2.71. The van der Waals surface area contributed by atoms with Crippen LogP contribution in [0.15, 0.2) is 0 Å². The number of carbonyl (C=O) groups is 3. The van der Waals surface area contributed by atoms with E-state index in [1.807, 2.05) is 0 Å². The Morgan fingerprint density at radius 1 is 1.32 bits per heavy atom. The highest BCUT2D eigenvalue weighted by atomic mass is 16.6. The van der Waals surface area contributed by atoms with Gasteiger partial charge in [0.2, 0.25) is 0 Å². The van der Waals surface area contributed by atoms with Crippen molar-refractivity contribution in [1.29, 1.82) is 0 Å². The Kier molecular flexibility index (Phi) is 4.91. The van der Waals surface area contributed by atoms with E-state index in [0.29, 0.717) is 6.29 Å². The Bertz CT molecular complexity index is 361. The van der Waals surface area contributed by atoms with Crippen LogP contribution in [0, 0.1) is 11.8 Å². The fourth-order valence-electron chi connectivity index (χ4n) is 1.94. The number of likely N-dealkylation sites (tertiary alicyclic amines) is 1. The van der Waals surface area contributed by atoms with Crippen LogP contribution in [0.25, 0.3) is 0 Å². The van der Waals surface area contributed by atoms with Gasteiger partial charge in [-0.05, 0) is 27.7 Å². The van der Waals surface area contributed by atoms with Crippen LogP contribution in [0.4, 0.5) is 4.79 Å². The molecule has 0 spiro atoms. The molecule has 0 aromatic heterocycles. The highest BCUT2D eigenvalue weighted by Gasteiger charge is 2.41. The summed E-state index contributed by atoms with van der Waals surface area (Å²) in [6.07, 6.45) is 0.192. The molecule has 6 heteroatoms. The molecule has 1 amide bonds. The van der Waals surface area contributed by atoms with Crippen molar-refractivity contribution in [3.63, 3.8) is 0 Å². The Morgan fingerprint density at radius 2 is 1.95 bits per heavy atom. The minimum Gasteiger partial charge on any atom is -0.466 e. The minimum absolute atomic E-state index is 0.164. The summed E-state index contributed by atoms with van der Waals surface area (Å²) < 4.78 is 10.1. The van der Waals surface area contributed by atoms with Crippen molar-refractivity contribution in [1.82, 2.24) is 4.90 Å². The quantitative estimate of drug-likeness (QED) is 0.570. The zero-order chi connectivity index (χ0) is 14.6. The van der Waals surface area contributed by atoms with Gasteiger partial charge in [-0.15, -0.1) is 0 Å². The Balaban J connectivity index is 2.68. The maximum absolute atomic E-state index is 11.9. The van der Waals surface area contributed by atoms with Gasteiger partial charge in [0.05, 0.1) is 12.5 Å². The van der Waals surface area contributed by atoms with Gasteiger partial charge in [-0.1, -0.05) is 0 Å². The fourth-order valence-corrected chi connectivity index (χ4v) is 1.94. The SMILES string of the molecule is CCOC(=O)C1CN(C(=O)OC(C)(C)C)CC1C=O. The van der Waals surface area contributed by atoms with E-state index >= 15 is 0 Å². The van der Waals surface area contributed by atoms with Crippen LogP contribution in [0.1, 0.15) is 27.7 Å². The summed E-state index contributed by atoms with van der Waals surface area (Å²) in [5.41, 5.74) is -0.601. The van der Waals surface area contributed by atoms with Crippen LogP contribution in [0.3, 0.4) is 0 Å². The zero-order valence-electron chi connectivity index (χ0n) is 11.8. The van der Waals surface area contributed by atoms with Gasteiger partial charge in [0.1, 0.15) is 11.9 Å². The zero-order valence-corrected chi connectivity index (χ0v) is 11.8. The molecule has 1 heterocycles. The van der Waals surface area contributed by atoms with Gasteiger partial charge >= 0.3 is 12.1 Å². The molecule has 1 saturated heterocycles. The summed E-state index contributed by atoms with van der Waals surface area (Å²) in [6.45, 7) is 7.61. The van der Waals surface area contributed by atoms with Crippen molar-refractivity contribution < 1.29 is 23.9 Å². The average molecular weight is 271 g/mol. The third-order valence-corrected chi connectivity index (χ3v) is 2.78. The molecule has 0 bridgehead atoms. The van der Waals surface area contributed by atoms with Crippen LogP contribution in [-0.4, -0.2) is 48.5 Å². The lowest BCUT2D eigenvalue weighted by atomic mass is 9.98. The van der Waals surface area contributed by atoms with Crippen molar-refractivity contribution >= 4 is 18.3 Å². The fraction of sp³-hybridized carbons (Fsp3) is 0.769. The van der Waals surface area contributed by atoms with Gasteiger partial charge in [-0.2, -0.15) is 0 Å². The molecule has 0 N–H and O–H groups in total. The molecule has 0 radical (unpaired) electrons. The molecule has 108 valence electrons. The maximum atomic E-state index is 11.9. The smallest absolute Gasteiger partial charge is 0.410 e. The van der Waals surface area contributed by atoms with Crippen molar-refractivity contribution in [2.75, 3.05) is 19.7 Å². The molecule has 1 rings (SSSR count). The standard InChI is InChI=1S/C13H21NO5/c1-5-18-11(16)10-7-14(6-9(10)8-15)12(17)19-13(2,3)4/h8-10H,5-7H2,1-4H3. The predicted octanol–water partition coefficient (Wildman–Crippen LogP) is 1.23. The molecule has 6 nitrogen and oxygen atoms in total. The second-order valence-electron chi connectivity index (χ2n) is 5.54. The van der Waals surface area contributed by atoms with Gasteiger partial charge < -0.3 is 19.2 Å². The largest absolute Gasteiger partial charge is 0.466 e. The number of rotatable bonds is 3. The van der Waals surface area contributed by atoms with Crippen molar-refractivity contribution in [2.24, 2.45) is 11.8 Å². The van der Waals surface area contributed by atoms with Crippen LogP contribution in [0.5, 0.6) is 0 Å². The van der Waals surface area contributed by atoms with Crippen LogP contribution < -0.4 is 0 Å². The van der Waals surface area contributed by atoms with E-state index < -0.39 is 29.5 Å². The topological polar surface area (TPSA) is 72.9 Å². The third-order valence-electron chi connectivity index (χ3n) is 2.78. The van der Waals surface area contributed by atoms with Gasteiger partial charge in [0.15, 0.2) is 0 Å². The summed E-state index contributed by atoms with van der Waals surface area (Å²) in [5.74, 6) is -1.55. The molecule has 0 saturated carbocycles. The van der Waals surface area contributed by atoms with E-state index in [9.17, 15) is 14.4 Å². The van der Waals surface area contributed by atoms with Crippen molar-refractivity contribution in [3.8, 4) is 0 Å². The summed E-state index contributed by atoms with van der Waals surface area (Å²) in [5, 5.41) is 0. The molecule has 1 aliphatic heterocycles. The predicted molar refractivity (Wildman–Crippen MR) is 67.5 cm³/mol. The number of aldehydes is 1. The lowest BCUT2D eigenvalue weighted by Gasteiger charge is -2.24. The molecule has 0 aromatic carbocycles. The Morgan fingerprint density at radius 3 is 2.42 bits per heavy atom. The molecular formula is C13H21NO5. The van der Waals surface area contributed by atoms with E-state index in [4.69, 9.17) is 9.47 Å². The highest BCUT2D eigenvalue weighted by molar-refractivity contribution is 5.80. The highest BCUT2D eigenvalue weighted by Crippen LogP contribution is 2.25. The molecule has 19 heavy (non-hydrogen) atoms. The van der Waals surface area contributed by atoms with E-state index in [-0.39, 0.29) is 19.7 Å². The Hall–Kier alpha value is -1.59. The van der Waals surface area contributed by atoms with E-state index in [2.05, 4.69) is 0 Å². The number of hydrogen-bond donors (Lipinski definition) is 0. The number of ether oxygens (including phenoxy) is 2. The molecule has 0 aromatic rings. The number of carbonyl (C=O) groups excluding carboxylic acids is 3. The number of amides is 1. The summed E-state index contributed by atoms with van der Waals surface area (Å²) >= 11 is 0. The molecular weight excluding hydrogens is 250 g/mol. The van der Waals surface area contributed by atoms with E-state index in [0.717, 1.165) is 0 Å². The molecule has 2 unspecified atom stereocenters. The lowest BCUT2D eigenvalue weighted by Crippen LogP contribution is -2.36. The normalized spacial score (nSPS) is 23.1. The summed E-state index contributed by atoms with van der Waals surface area (Å²) in [6, 6.07) is 0. The van der Waals surface area contributed by atoms with Crippen LogP contribution in [0.2, 0.25) is 0 Å². The van der Waals surface area contributed by atoms with Crippen LogP contribution >= 0.6 is 0 Å². The number of esters is 1. The lowest BCUT2D eigenvalue weighted by molar-refractivity contribution is -0.149. The van der Waals surface area contributed by atoms with Crippen molar-refractivity contribution in [3.05, 3.63) is 0 Å². The maximum Gasteiger partial charge on any atom is 0.410 e. The monoisotopic (exact) mass is 271 g/mol. The number of hydrogen-bond acceptors (Lipinski definition) is 5. The van der Waals surface area contributed by atoms with Gasteiger partial charge in [0.25, 0.3) is 0 Å². The molecule has 1 fully saturated rings. The number of nitrogens with zero attached hydrogens (tertiary/aromatic N) is 1.